The van der Waals surface area contributed by atoms with Crippen LogP contribution in [0.1, 0.15) is 16.3 Å². The third-order valence-electron chi connectivity index (χ3n) is 4.97. The molecule has 1 fully saturated rings. The zero-order valence-electron chi connectivity index (χ0n) is 16.4. The van der Waals surface area contributed by atoms with E-state index in [-0.39, 0.29) is 32.4 Å². The lowest BCUT2D eigenvalue weighted by Gasteiger charge is -2.34. The van der Waals surface area contributed by atoms with E-state index in [2.05, 4.69) is 9.88 Å². The minimum Gasteiger partial charge on any atom is -0.455 e. The van der Waals surface area contributed by atoms with Crippen molar-refractivity contribution in [2.45, 2.75) is 10.6 Å². The van der Waals surface area contributed by atoms with Gasteiger partial charge in [-0.1, -0.05) is 35.3 Å². The Morgan fingerprint density at radius 2 is 1.68 bits per heavy atom. The van der Waals surface area contributed by atoms with Gasteiger partial charge in [0.25, 0.3) is 5.91 Å². The third-order valence-corrected chi connectivity index (χ3v) is 7.56. The molecule has 4 rings (SSSR count). The zero-order chi connectivity index (χ0) is 22.0. The van der Waals surface area contributed by atoms with E-state index in [0.717, 1.165) is 5.82 Å². The number of rotatable bonds is 5. The molecule has 3 heterocycles. The molecule has 0 saturated carbocycles. The molecule has 0 aliphatic carbocycles. The van der Waals surface area contributed by atoms with Crippen LogP contribution in [0.4, 0.5) is 5.82 Å². The van der Waals surface area contributed by atoms with Gasteiger partial charge in [0, 0.05) is 32.4 Å². The van der Waals surface area contributed by atoms with Crippen molar-refractivity contribution in [2.24, 2.45) is 0 Å². The van der Waals surface area contributed by atoms with E-state index in [1.54, 1.807) is 17.2 Å². The van der Waals surface area contributed by atoms with Gasteiger partial charge in [-0.3, -0.25) is 4.79 Å². The summed E-state index contributed by atoms with van der Waals surface area (Å²) in [6.07, 6.45) is 1.74. The molecule has 7 nitrogen and oxygen atoms in total. The van der Waals surface area contributed by atoms with E-state index in [4.69, 9.17) is 27.6 Å². The van der Waals surface area contributed by atoms with E-state index in [0.29, 0.717) is 26.2 Å². The lowest BCUT2D eigenvalue weighted by Crippen LogP contribution is -2.49. The Morgan fingerprint density at radius 1 is 0.968 bits per heavy atom. The molecule has 0 spiro atoms. The molecule has 10 heteroatoms. The van der Waals surface area contributed by atoms with Crippen LogP contribution in [0.25, 0.3) is 0 Å². The van der Waals surface area contributed by atoms with E-state index >= 15 is 0 Å². The molecule has 1 aliphatic rings. The second kappa shape index (κ2) is 8.90. The molecule has 0 bridgehead atoms. The first-order valence-corrected chi connectivity index (χ1v) is 12.0. The highest BCUT2D eigenvalue weighted by atomic mass is 35.5. The van der Waals surface area contributed by atoms with Crippen molar-refractivity contribution >= 4 is 44.8 Å². The van der Waals surface area contributed by atoms with Crippen molar-refractivity contribution in [1.82, 2.24) is 9.88 Å². The summed E-state index contributed by atoms with van der Waals surface area (Å²) in [6, 6.07) is 13.2. The van der Waals surface area contributed by atoms with Gasteiger partial charge in [-0.15, -0.1) is 0 Å². The van der Waals surface area contributed by atoms with Crippen molar-refractivity contribution in [3.8, 4) is 0 Å². The van der Waals surface area contributed by atoms with E-state index < -0.39 is 15.6 Å². The average Bonchev–Trinajstić information content (AvgIpc) is 3.21. The Hall–Kier alpha value is -2.55. The van der Waals surface area contributed by atoms with Crippen LogP contribution < -0.4 is 4.90 Å². The number of amides is 1. The molecule has 0 N–H and O–H groups in total. The molecule has 0 atom stereocenters. The number of benzene rings is 1. The Balaban J connectivity index is 1.43. The number of hydrogen-bond donors (Lipinski definition) is 0. The first kappa shape index (κ1) is 21.7. The maximum Gasteiger partial charge on any atom is 0.289 e. The van der Waals surface area contributed by atoms with Gasteiger partial charge in [-0.05, 0) is 36.4 Å². The van der Waals surface area contributed by atoms with Crippen LogP contribution in [-0.2, 0) is 15.6 Å². The molecule has 0 unspecified atom stereocenters. The Morgan fingerprint density at radius 3 is 2.32 bits per heavy atom. The molecule has 1 saturated heterocycles. The van der Waals surface area contributed by atoms with Crippen molar-refractivity contribution in [1.29, 1.82) is 0 Å². The number of carbonyl (C=O) groups is 1. The maximum atomic E-state index is 12.8. The third kappa shape index (κ3) is 4.71. The lowest BCUT2D eigenvalue weighted by molar-refractivity contribution is 0.0713. The van der Waals surface area contributed by atoms with Gasteiger partial charge >= 0.3 is 0 Å². The summed E-state index contributed by atoms with van der Waals surface area (Å²) in [7, 11) is -3.85. The summed E-state index contributed by atoms with van der Waals surface area (Å²) < 4.78 is 31.1. The number of anilines is 1. The van der Waals surface area contributed by atoms with Gasteiger partial charge in [0.15, 0.2) is 15.6 Å². The fourth-order valence-corrected chi connectivity index (χ4v) is 5.95. The summed E-state index contributed by atoms with van der Waals surface area (Å²) in [6.45, 7) is 2.32. The number of aromatic nitrogens is 1. The largest absolute Gasteiger partial charge is 0.455 e. The van der Waals surface area contributed by atoms with E-state index in [1.165, 1.54) is 24.3 Å². The second-order valence-electron chi connectivity index (χ2n) is 7.04. The van der Waals surface area contributed by atoms with Crippen LogP contribution in [-0.4, -0.2) is 50.4 Å². The lowest BCUT2D eigenvalue weighted by atomic mass is 10.2. The van der Waals surface area contributed by atoms with Crippen LogP contribution >= 0.6 is 23.2 Å². The molecule has 162 valence electrons. The number of nitrogens with zero attached hydrogens (tertiary/aromatic N) is 3. The first-order chi connectivity index (χ1) is 14.8. The zero-order valence-corrected chi connectivity index (χ0v) is 18.7. The Kier molecular flexibility index (Phi) is 6.22. The standard InChI is InChI=1S/C21H19Cl2N3O4S/c22-16-4-3-5-17(23)20(16)31(28,29)14-15-7-8-18(30-15)21(27)26-12-10-25(11-13-26)19-6-1-2-9-24-19/h1-9H,10-14H2. The molecule has 3 aromatic rings. The number of sulfone groups is 1. The topological polar surface area (TPSA) is 83.7 Å². The minimum absolute atomic E-state index is 0.0427. The van der Waals surface area contributed by atoms with E-state index in [9.17, 15) is 13.2 Å². The van der Waals surface area contributed by atoms with Crippen molar-refractivity contribution in [2.75, 3.05) is 31.1 Å². The summed E-state index contributed by atoms with van der Waals surface area (Å²) in [4.78, 5) is 20.8. The number of furan rings is 1. The Bertz CT molecular complexity index is 1170. The predicted molar refractivity (Wildman–Crippen MR) is 118 cm³/mol. The smallest absolute Gasteiger partial charge is 0.289 e. The van der Waals surface area contributed by atoms with Crippen molar-refractivity contribution in [3.05, 3.63) is 76.3 Å². The maximum absolute atomic E-state index is 12.8. The van der Waals surface area contributed by atoms with Crippen LogP contribution in [0, 0.1) is 0 Å². The summed E-state index contributed by atoms with van der Waals surface area (Å²) in [5.41, 5.74) is 0. The normalized spacial score (nSPS) is 14.6. The number of hydrogen-bond acceptors (Lipinski definition) is 6. The second-order valence-corrected chi connectivity index (χ2v) is 9.78. The van der Waals surface area contributed by atoms with Crippen molar-refractivity contribution < 1.29 is 17.6 Å². The van der Waals surface area contributed by atoms with Gasteiger partial charge < -0.3 is 14.2 Å². The number of piperazine rings is 1. The van der Waals surface area contributed by atoms with Crippen LogP contribution in [0.2, 0.25) is 10.0 Å². The minimum atomic E-state index is -3.85. The number of halogens is 2. The molecule has 31 heavy (non-hydrogen) atoms. The quantitative estimate of drug-likeness (QED) is 0.551. The number of carbonyl (C=O) groups excluding carboxylic acids is 1. The molecule has 1 aliphatic heterocycles. The van der Waals surface area contributed by atoms with Crippen molar-refractivity contribution in [3.63, 3.8) is 0 Å². The van der Waals surface area contributed by atoms with Gasteiger partial charge in [0.1, 0.15) is 22.2 Å². The predicted octanol–water partition coefficient (Wildman–Crippen LogP) is 3.92. The van der Waals surface area contributed by atoms with Gasteiger partial charge in [-0.2, -0.15) is 0 Å². The summed E-state index contributed by atoms with van der Waals surface area (Å²) in [5.74, 6) is 0.392. The molecule has 2 aromatic heterocycles. The summed E-state index contributed by atoms with van der Waals surface area (Å²) in [5, 5.41) is 0.0854. The average molecular weight is 480 g/mol. The SMILES string of the molecule is O=C(c1ccc(CS(=O)(=O)c2c(Cl)cccc2Cl)o1)N1CCN(c2ccccn2)CC1. The monoisotopic (exact) mass is 479 g/mol. The fraction of sp³-hybridized carbons (Fsp3) is 0.238. The van der Waals surface area contributed by atoms with Crippen LogP contribution in [0.5, 0.6) is 0 Å². The summed E-state index contributed by atoms with van der Waals surface area (Å²) >= 11 is 12.1. The Labute approximate surface area is 190 Å². The molecule has 0 radical (unpaired) electrons. The molecule has 1 amide bonds. The fourth-order valence-electron chi connectivity index (χ4n) is 3.44. The molecular weight excluding hydrogens is 461 g/mol. The van der Waals surface area contributed by atoms with Gasteiger partial charge in [0.2, 0.25) is 0 Å². The molecular formula is C21H19Cl2N3O4S. The van der Waals surface area contributed by atoms with Crippen LogP contribution in [0.15, 0.2) is 64.0 Å². The highest BCUT2D eigenvalue weighted by Crippen LogP contribution is 2.31. The highest BCUT2D eigenvalue weighted by molar-refractivity contribution is 7.90. The highest BCUT2D eigenvalue weighted by Gasteiger charge is 2.27. The van der Waals surface area contributed by atoms with Crippen LogP contribution in [0.3, 0.4) is 0 Å². The van der Waals surface area contributed by atoms with E-state index in [1.807, 2.05) is 18.2 Å². The van der Waals surface area contributed by atoms with Gasteiger partial charge in [-0.25, -0.2) is 13.4 Å². The van der Waals surface area contributed by atoms with Gasteiger partial charge in [0.05, 0.1) is 10.0 Å². The molecule has 1 aromatic carbocycles. The number of pyridine rings is 1. The first-order valence-electron chi connectivity index (χ1n) is 9.56.